The van der Waals surface area contributed by atoms with Gasteiger partial charge in [-0.25, -0.2) is 0 Å². The Morgan fingerprint density at radius 1 is 1.25 bits per heavy atom. The van der Waals surface area contributed by atoms with Gasteiger partial charge >= 0.3 is 0 Å². The summed E-state index contributed by atoms with van der Waals surface area (Å²) in [5.74, 6) is -0.184. The van der Waals surface area contributed by atoms with Crippen LogP contribution in [0.1, 0.15) is 19.3 Å². The van der Waals surface area contributed by atoms with Crippen LogP contribution in [0.4, 0.5) is 5.69 Å². The fourth-order valence-corrected chi connectivity index (χ4v) is 2.38. The molecule has 0 aromatic heterocycles. The van der Waals surface area contributed by atoms with Crippen molar-refractivity contribution in [1.82, 2.24) is 4.90 Å². The predicted molar refractivity (Wildman–Crippen MR) is 81.9 cm³/mol. The van der Waals surface area contributed by atoms with E-state index < -0.39 is 0 Å². The van der Waals surface area contributed by atoms with Crippen molar-refractivity contribution in [2.75, 3.05) is 18.4 Å². The molecule has 2 rings (SSSR count). The number of rotatable bonds is 3. The van der Waals surface area contributed by atoms with Crippen LogP contribution < -0.4 is 5.32 Å². The number of piperidine rings is 1. The number of carbonyl (C=O) groups excluding carboxylic acids is 1. The molecule has 1 aliphatic heterocycles. The lowest BCUT2D eigenvalue weighted by Gasteiger charge is -2.26. The van der Waals surface area contributed by atoms with Crippen LogP contribution in [0.3, 0.4) is 0 Å². The number of amides is 1. The lowest BCUT2D eigenvalue weighted by molar-refractivity contribution is -0.127. The summed E-state index contributed by atoms with van der Waals surface area (Å²) in [6, 6.07) is 9.53. The Kier molecular flexibility index (Phi) is 5.19. The lowest BCUT2D eigenvalue weighted by Crippen LogP contribution is -2.36. The molecule has 0 unspecified atom stereocenters. The minimum atomic E-state index is -0.184. The third kappa shape index (κ3) is 3.84. The van der Waals surface area contributed by atoms with Crippen molar-refractivity contribution in [1.29, 1.82) is 5.26 Å². The number of nitrogens with zero attached hydrogens (tertiary/aromatic N) is 2. The van der Waals surface area contributed by atoms with Gasteiger partial charge in [0.2, 0.25) is 0 Å². The molecule has 1 aromatic rings. The second kappa shape index (κ2) is 7.11. The van der Waals surface area contributed by atoms with Crippen molar-refractivity contribution in [2.24, 2.45) is 0 Å². The molecule has 0 spiro atoms. The van der Waals surface area contributed by atoms with Crippen LogP contribution in [-0.2, 0) is 4.79 Å². The van der Waals surface area contributed by atoms with Gasteiger partial charge in [-0.15, -0.1) is 0 Å². The third-order valence-electron chi connectivity index (χ3n) is 3.22. The summed E-state index contributed by atoms with van der Waals surface area (Å²) in [6.07, 6.45) is 4.68. The monoisotopic (exact) mass is 333 g/mol. The number of likely N-dealkylation sites (tertiary alicyclic amines) is 1. The van der Waals surface area contributed by atoms with Gasteiger partial charge in [0, 0.05) is 29.4 Å². The molecule has 1 fully saturated rings. The SMILES string of the molecule is N#C/C(=C/Nc1ccc(Br)cc1)C(=O)N1CCCCC1. The largest absolute Gasteiger partial charge is 0.360 e. The Balaban J connectivity index is 2.03. The first kappa shape index (κ1) is 14.6. The molecule has 0 radical (unpaired) electrons. The van der Waals surface area contributed by atoms with Crippen molar-refractivity contribution in [2.45, 2.75) is 19.3 Å². The Morgan fingerprint density at radius 3 is 2.50 bits per heavy atom. The van der Waals surface area contributed by atoms with Crippen molar-refractivity contribution in [3.8, 4) is 6.07 Å². The molecule has 1 aromatic carbocycles. The summed E-state index contributed by atoms with van der Waals surface area (Å²) in [4.78, 5) is 13.9. The fourth-order valence-electron chi connectivity index (χ4n) is 2.11. The normalized spacial score (nSPS) is 15.6. The average Bonchev–Trinajstić information content (AvgIpc) is 2.50. The highest BCUT2D eigenvalue weighted by Crippen LogP contribution is 2.15. The number of nitrogens with one attached hydrogen (secondary N) is 1. The molecule has 0 bridgehead atoms. The molecule has 104 valence electrons. The molecule has 0 atom stereocenters. The molecular formula is C15H16BrN3O. The van der Waals surface area contributed by atoms with Crippen LogP contribution in [0, 0.1) is 11.3 Å². The van der Waals surface area contributed by atoms with Gasteiger partial charge in [0.25, 0.3) is 5.91 Å². The standard InChI is InChI=1S/C15H16BrN3O/c16-13-4-6-14(7-5-13)18-11-12(10-17)15(20)19-8-2-1-3-9-19/h4-7,11,18H,1-3,8-9H2/b12-11-. The molecule has 1 amide bonds. The molecule has 1 N–H and O–H groups in total. The van der Waals surface area contributed by atoms with Crippen LogP contribution >= 0.6 is 15.9 Å². The van der Waals surface area contributed by atoms with Gasteiger partial charge in [-0.3, -0.25) is 4.79 Å². The van der Waals surface area contributed by atoms with Gasteiger partial charge in [-0.1, -0.05) is 15.9 Å². The first-order valence-electron chi connectivity index (χ1n) is 6.62. The molecule has 1 aliphatic rings. The zero-order valence-electron chi connectivity index (χ0n) is 11.1. The van der Waals surface area contributed by atoms with Crippen LogP contribution in [0.5, 0.6) is 0 Å². The number of carbonyl (C=O) groups is 1. The molecular weight excluding hydrogens is 318 g/mol. The van der Waals surface area contributed by atoms with E-state index in [-0.39, 0.29) is 11.5 Å². The number of hydrogen-bond acceptors (Lipinski definition) is 3. The number of halogens is 1. The topological polar surface area (TPSA) is 56.1 Å². The smallest absolute Gasteiger partial charge is 0.266 e. The van der Waals surface area contributed by atoms with E-state index >= 15 is 0 Å². The van der Waals surface area contributed by atoms with Gasteiger partial charge < -0.3 is 10.2 Å². The second-order valence-electron chi connectivity index (χ2n) is 4.67. The van der Waals surface area contributed by atoms with E-state index in [1.54, 1.807) is 4.90 Å². The number of hydrogen-bond donors (Lipinski definition) is 1. The molecule has 20 heavy (non-hydrogen) atoms. The average molecular weight is 334 g/mol. The van der Waals surface area contributed by atoms with E-state index in [9.17, 15) is 4.79 Å². The van der Waals surface area contributed by atoms with Crippen LogP contribution in [0.15, 0.2) is 40.5 Å². The van der Waals surface area contributed by atoms with Crippen LogP contribution in [0.25, 0.3) is 0 Å². The van der Waals surface area contributed by atoms with E-state index in [1.165, 1.54) is 6.20 Å². The Morgan fingerprint density at radius 2 is 1.90 bits per heavy atom. The number of anilines is 1. The van der Waals surface area contributed by atoms with Crippen molar-refractivity contribution in [3.63, 3.8) is 0 Å². The summed E-state index contributed by atoms with van der Waals surface area (Å²) >= 11 is 3.36. The summed E-state index contributed by atoms with van der Waals surface area (Å²) in [7, 11) is 0. The summed E-state index contributed by atoms with van der Waals surface area (Å²) in [6.45, 7) is 1.49. The first-order chi connectivity index (χ1) is 9.70. The van der Waals surface area contributed by atoms with Gasteiger partial charge in [-0.05, 0) is 43.5 Å². The van der Waals surface area contributed by atoms with Crippen molar-refractivity contribution < 1.29 is 4.79 Å². The lowest BCUT2D eigenvalue weighted by atomic mass is 10.1. The van der Waals surface area contributed by atoms with E-state index in [0.29, 0.717) is 0 Å². The molecule has 1 saturated heterocycles. The zero-order chi connectivity index (χ0) is 14.4. The minimum absolute atomic E-state index is 0.148. The molecule has 4 nitrogen and oxygen atoms in total. The quantitative estimate of drug-likeness (QED) is 0.682. The highest BCUT2D eigenvalue weighted by molar-refractivity contribution is 9.10. The molecule has 0 aliphatic carbocycles. The minimum Gasteiger partial charge on any atom is -0.360 e. The zero-order valence-corrected chi connectivity index (χ0v) is 12.7. The van der Waals surface area contributed by atoms with Crippen LogP contribution in [-0.4, -0.2) is 23.9 Å². The van der Waals surface area contributed by atoms with E-state index in [0.717, 1.165) is 42.5 Å². The second-order valence-corrected chi connectivity index (χ2v) is 5.59. The maximum Gasteiger partial charge on any atom is 0.266 e. The van der Waals surface area contributed by atoms with E-state index in [2.05, 4.69) is 21.2 Å². The molecule has 0 saturated carbocycles. The fraction of sp³-hybridized carbons (Fsp3) is 0.333. The number of benzene rings is 1. The highest BCUT2D eigenvalue weighted by atomic mass is 79.9. The van der Waals surface area contributed by atoms with Gasteiger partial charge in [0.15, 0.2) is 0 Å². The van der Waals surface area contributed by atoms with Crippen molar-refractivity contribution >= 4 is 27.5 Å². The number of nitriles is 1. The summed E-state index contributed by atoms with van der Waals surface area (Å²) in [5, 5.41) is 12.1. The maximum absolute atomic E-state index is 12.2. The first-order valence-corrected chi connectivity index (χ1v) is 7.41. The Bertz CT molecular complexity index is 539. The maximum atomic E-state index is 12.2. The van der Waals surface area contributed by atoms with Crippen molar-refractivity contribution in [3.05, 3.63) is 40.5 Å². The van der Waals surface area contributed by atoms with Gasteiger partial charge in [0.1, 0.15) is 11.6 Å². The van der Waals surface area contributed by atoms with E-state index in [1.807, 2.05) is 30.3 Å². The summed E-state index contributed by atoms with van der Waals surface area (Å²) < 4.78 is 0.983. The third-order valence-corrected chi connectivity index (χ3v) is 3.75. The van der Waals surface area contributed by atoms with Gasteiger partial charge in [0.05, 0.1) is 0 Å². The molecule has 5 heteroatoms. The Labute approximate surface area is 127 Å². The van der Waals surface area contributed by atoms with Crippen LogP contribution in [0.2, 0.25) is 0 Å². The molecule has 1 heterocycles. The highest BCUT2D eigenvalue weighted by Gasteiger charge is 2.19. The van der Waals surface area contributed by atoms with E-state index in [4.69, 9.17) is 5.26 Å². The van der Waals surface area contributed by atoms with Gasteiger partial charge in [-0.2, -0.15) is 5.26 Å². The Hall–Kier alpha value is -1.80. The summed E-state index contributed by atoms with van der Waals surface area (Å²) in [5.41, 5.74) is 0.988. The predicted octanol–water partition coefficient (Wildman–Crippen LogP) is 3.28.